The Morgan fingerprint density at radius 1 is 0.613 bits per heavy atom. The predicted molar refractivity (Wildman–Crippen MR) is 233 cm³/mol. The standard InChI is InChI=1S/C43H76O17P2/c1-3-5-7-9-11-12-13-14-15-16-18-22-26-30-36(45)56-32-35(58-37(46)31-27-23-19-21-25-29-34(44)28-24-20-17-10-8-6-4-2)33-57-62(54,55)60-43-40(49)38(47)39(48)42(41(43)50)59-61(51,52)53/h6,8,12-13,17,20,24,28,34-35,38-44,47-50H,3-5,7,9-11,14-16,18-19,21-23,25-27,29-33H2,1-2H3,(H,54,55)(H2,51,52,53)/b8-6+,13-12-,20-17+,28-24+/t34?,35-,38?,39?,40?,41?,42-,43+/m1/s1. The summed E-state index contributed by atoms with van der Waals surface area (Å²) in [4.78, 5) is 54.1. The molecule has 9 atom stereocenters. The van der Waals surface area contributed by atoms with Crippen LogP contribution in [-0.2, 0) is 41.8 Å². The smallest absolute Gasteiger partial charge is 0.462 e. The zero-order chi connectivity index (χ0) is 46.2. The highest BCUT2D eigenvalue weighted by Crippen LogP contribution is 2.49. The van der Waals surface area contributed by atoms with Crippen LogP contribution in [0.2, 0.25) is 0 Å². The molecule has 0 saturated heterocycles. The van der Waals surface area contributed by atoms with Crippen molar-refractivity contribution >= 4 is 27.6 Å². The van der Waals surface area contributed by atoms with E-state index in [2.05, 4.69) is 42.7 Å². The Hall–Kier alpha value is -2.08. The summed E-state index contributed by atoms with van der Waals surface area (Å²) in [6, 6.07) is 0. The number of phosphoric ester groups is 2. The molecular weight excluding hydrogens is 850 g/mol. The van der Waals surface area contributed by atoms with Crippen molar-refractivity contribution in [3.05, 3.63) is 48.6 Å². The third-order valence-electron chi connectivity index (χ3n) is 9.99. The maximum Gasteiger partial charge on any atom is 0.472 e. The van der Waals surface area contributed by atoms with Crippen LogP contribution in [0, 0.1) is 0 Å². The lowest BCUT2D eigenvalue weighted by molar-refractivity contribution is -0.216. The van der Waals surface area contributed by atoms with Gasteiger partial charge in [-0.25, -0.2) is 9.13 Å². The van der Waals surface area contributed by atoms with Crippen molar-refractivity contribution in [1.82, 2.24) is 0 Å². The van der Waals surface area contributed by atoms with E-state index in [0.717, 1.165) is 70.6 Å². The van der Waals surface area contributed by atoms with Crippen LogP contribution in [0.15, 0.2) is 48.6 Å². The molecule has 0 radical (unpaired) electrons. The lowest BCUT2D eigenvalue weighted by Crippen LogP contribution is -2.64. The molecule has 62 heavy (non-hydrogen) atoms. The number of aliphatic hydroxyl groups is 5. The zero-order valence-electron chi connectivity index (χ0n) is 36.6. The first-order valence-electron chi connectivity index (χ1n) is 22.3. The van der Waals surface area contributed by atoms with Gasteiger partial charge in [-0.2, -0.15) is 0 Å². The molecule has 1 aliphatic carbocycles. The number of phosphoric acid groups is 2. The Bertz CT molecular complexity index is 1420. The fourth-order valence-corrected chi connectivity index (χ4v) is 8.04. The summed E-state index contributed by atoms with van der Waals surface area (Å²) in [7, 11) is -10.7. The Morgan fingerprint density at radius 3 is 1.79 bits per heavy atom. The molecule has 1 saturated carbocycles. The van der Waals surface area contributed by atoms with E-state index >= 15 is 0 Å². The summed E-state index contributed by atoms with van der Waals surface area (Å²) >= 11 is 0. The summed E-state index contributed by atoms with van der Waals surface area (Å²) in [5.74, 6) is -1.30. The fourth-order valence-electron chi connectivity index (χ4n) is 6.50. The van der Waals surface area contributed by atoms with E-state index in [1.165, 1.54) is 25.7 Å². The van der Waals surface area contributed by atoms with Crippen molar-refractivity contribution in [2.75, 3.05) is 13.2 Å². The van der Waals surface area contributed by atoms with Gasteiger partial charge in [-0.1, -0.05) is 127 Å². The number of hydrogen-bond acceptors (Lipinski definition) is 14. The second-order valence-electron chi connectivity index (χ2n) is 15.6. The molecule has 360 valence electrons. The maximum atomic E-state index is 13.0. The van der Waals surface area contributed by atoms with Crippen LogP contribution < -0.4 is 0 Å². The highest BCUT2D eigenvalue weighted by atomic mass is 31.2. The molecule has 19 heteroatoms. The van der Waals surface area contributed by atoms with E-state index in [0.29, 0.717) is 25.7 Å². The second-order valence-corrected chi connectivity index (χ2v) is 18.2. The van der Waals surface area contributed by atoms with Gasteiger partial charge in [0.05, 0.1) is 12.7 Å². The van der Waals surface area contributed by atoms with E-state index < -0.39 is 89.6 Å². The Morgan fingerprint density at radius 2 is 1.18 bits per heavy atom. The van der Waals surface area contributed by atoms with Gasteiger partial charge in [-0.15, -0.1) is 0 Å². The number of carbonyl (C=O) groups is 2. The van der Waals surface area contributed by atoms with Gasteiger partial charge >= 0.3 is 27.6 Å². The first-order chi connectivity index (χ1) is 29.5. The van der Waals surface area contributed by atoms with E-state index in [-0.39, 0.29) is 12.8 Å². The molecular formula is C43H76O17P2. The average molecular weight is 927 g/mol. The van der Waals surface area contributed by atoms with Crippen molar-refractivity contribution < 1.29 is 82.0 Å². The fraction of sp³-hybridized carbons (Fsp3) is 0.767. The molecule has 0 aromatic heterocycles. The topological polar surface area (TPSA) is 276 Å². The Balaban J connectivity index is 2.67. The number of ether oxygens (including phenoxy) is 2. The average Bonchev–Trinajstić information content (AvgIpc) is 3.22. The van der Waals surface area contributed by atoms with E-state index in [4.69, 9.17) is 28.3 Å². The molecule has 0 aromatic carbocycles. The first kappa shape index (κ1) is 57.9. The van der Waals surface area contributed by atoms with Crippen molar-refractivity contribution in [3.8, 4) is 0 Å². The van der Waals surface area contributed by atoms with Gasteiger partial charge in [0.25, 0.3) is 0 Å². The van der Waals surface area contributed by atoms with Crippen molar-refractivity contribution in [1.29, 1.82) is 0 Å². The predicted octanol–water partition coefficient (Wildman–Crippen LogP) is 6.70. The summed E-state index contributed by atoms with van der Waals surface area (Å²) in [6.07, 6.45) is 18.1. The highest BCUT2D eigenvalue weighted by Gasteiger charge is 2.54. The van der Waals surface area contributed by atoms with E-state index in [1.54, 1.807) is 6.08 Å². The summed E-state index contributed by atoms with van der Waals surface area (Å²) in [5, 5.41) is 51.3. The molecule has 1 aliphatic rings. The minimum Gasteiger partial charge on any atom is -0.462 e. The maximum absolute atomic E-state index is 13.0. The molecule has 6 unspecified atom stereocenters. The van der Waals surface area contributed by atoms with Crippen molar-refractivity contribution in [2.24, 2.45) is 0 Å². The minimum atomic E-state index is -5.38. The molecule has 1 rings (SSSR count). The number of esters is 2. The quantitative estimate of drug-likeness (QED) is 0.0107. The van der Waals surface area contributed by atoms with Gasteiger partial charge in [0, 0.05) is 12.8 Å². The first-order valence-corrected chi connectivity index (χ1v) is 25.3. The summed E-state index contributed by atoms with van der Waals surface area (Å²) in [5.41, 5.74) is 0. The molecule has 0 bridgehead atoms. The summed E-state index contributed by atoms with van der Waals surface area (Å²) < 4.78 is 49.2. The minimum absolute atomic E-state index is 0.0285. The van der Waals surface area contributed by atoms with E-state index in [1.807, 2.05) is 18.2 Å². The van der Waals surface area contributed by atoms with Crippen LogP contribution in [0.5, 0.6) is 0 Å². The molecule has 0 aromatic rings. The molecule has 0 aliphatic heterocycles. The number of hydrogen-bond donors (Lipinski definition) is 8. The number of allylic oxidation sites excluding steroid dienone is 7. The summed E-state index contributed by atoms with van der Waals surface area (Å²) in [6.45, 7) is 2.85. The van der Waals surface area contributed by atoms with Crippen LogP contribution in [-0.4, -0.2) is 114 Å². The van der Waals surface area contributed by atoms with Crippen LogP contribution in [0.4, 0.5) is 0 Å². The molecule has 8 N–H and O–H groups in total. The molecule has 17 nitrogen and oxygen atoms in total. The number of carbonyl (C=O) groups excluding carboxylic acids is 2. The highest BCUT2D eigenvalue weighted by molar-refractivity contribution is 7.47. The second kappa shape index (κ2) is 34.3. The Kier molecular flexibility index (Phi) is 32.0. The van der Waals surface area contributed by atoms with Gasteiger partial charge in [0.2, 0.25) is 0 Å². The third kappa shape index (κ3) is 28.7. The normalized spacial score (nSPS) is 23.1. The molecule has 0 heterocycles. The van der Waals surface area contributed by atoms with Gasteiger partial charge in [0.15, 0.2) is 6.10 Å². The van der Waals surface area contributed by atoms with Crippen LogP contribution in [0.25, 0.3) is 0 Å². The van der Waals surface area contributed by atoms with Crippen LogP contribution in [0.3, 0.4) is 0 Å². The van der Waals surface area contributed by atoms with Gasteiger partial charge in [-0.3, -0.25) is 23.2 Å². The Labute approximate surface area is 368 Å². The van der Waals surface area contributed by atoms with Crippen LogP contribution >= 0.6 is 15.6 Å². The zero-order valence-corrected chi connectivity index (χ0v) is 38.4. The van der Waals surface area contributed by atoms with E-state index in [9.17, 15) is 49.1 Å². The van der Waals surface area contributed by atoms with Crippen molar-refractivity contribution in [2.45, 2.75) is 198 Å². The van der Waals surface area contributed by atoms with Gasteiger partial charge in [0.1, 0.15) is 43.2 Å². The number of rotatable bonds is 36. The number of unbranched alkanes of at least 4 members (excludes halogenated alkanes) is 13. The molecule has 0 amide bonds. The molecule has 0 spiro atoms. The van der Waals surface area contributed by atoms with Crippen LogP contribution in [0.1, 0.15) is 149 Å². The monoisotopic (exact) mass is 926 g/mol. The van der Waals surface area contributed by atoms with Crippen molar-refractivity contribution in [3.63, 3.8) is 0 Å². The van der Waals surface area contributed by atoms with Gasteiger partial charge in [-0.05, 0) is 57.8 Å². The van der Waals surface area contributed by atoms with Gasteiger partial charge < -0.3 is 49.7 Å². The third-order valence-corrected chi connectivity index (χ3v) is 11.5. The lowest BCUT2D eigenvalue weighted by atomic mass is 9.85. The lowest BCUT2D eigenvalue weighted by Gasteiger charge is -2.43. The molecule has 1 fully saturated rings. The number of aliphatic hydroxyl groups excluding tert-OH is 5. The largest absolute Gasteiger partial charge is 0.472 e. The SMILES string of the molecule is CC/C=C/C/C=C/C=C/C(O)CCCCCCCC(=O)O[C@H](COC(=O)CCCCCCC/C=C\CCCCCC)COP(=O)(O)O[C@H]1C(O)C(O)C(O)[C@@H](OP(=O)(O)O)C1O.